The van der Waals surface area contributed by atoms with Gasteiger partial charge in [-0.2, -0.15) is 0 Å². The summed E-state index contributed by atoms with van der Waals surface area (Å²) in [5.74, 6) is 1.08. The highest BCUT2D eigenvalue weighted by Gasteiger charge is 2.21. The topological polar surface area (TPSA) is 69.0 Å². The summed E-state index contributed by atoms with van der Waals surface area (Å²) < 4.78 is 21.0. The molecule has 170 valence electrons. The first-order valence-corrected chi connectivity index (χ1v) is 11.7. The van der Waals surface area contributed by atoms with Crippen molar-refractivity contribution in [2.45, 2.75) is 38.6 Å². The molecule has 1 atom stereocenters. The van der Waals surface area contributed by atoms with Gasteiger partial charge in [-0.05, 0) is 55.3 Å². The van der Waals surface area contributed by atoms with Crippen LogP contribution in [-0.4, -0.2) is 26.4 Å². The highest BCUT2D eigenvalue weighted by Crippen LogP contribution is 2.27. The van der Waals surface area contributed by atoms with Crippen LogP contribution in [0.5, 0.6) is 5.75 Å². The molecule has 32 heavy (non-hydrogen) atoms. The van der Waals surface area contributed by atoms with E-state index < -0.39 is 6.10 Å². The molecule has 0 saturated heterocycles. The van der Waals surface area contributed by atoms with Gasteiger partial charge in [0.2, 0.25) is 5.91 Å². The molecule has 1 N–H and O–H groups in total. The Bertz CT molecular complexity index is 1060. The minimum atomic E-state index is -0.413. The minimum Gasteiger partial charge on any atom is -0.483 e. The van der Waals surface area contributed by atoms with Crippen molar-refractivity contribution in [1.29, 1.82) is 0 Å². The van der Waals surface area contributed by atoms with E-state index in [0.717, 1.165) is 0 Å². The third-order valence-electron chi connectivity index (χ3n) is 4.26. The summed E-state index contributed by atoms with van der Waals surface area (Å²) in [6.45, 7) is 6.68. The molecule has 0 spiro atoms. The second-order valence-corrected chi connectivity index (χ2v) is 9.37. The van der Waals surface area contributed by atoms with E-state index in [4.69, 9.17) is 27.9 Å². The zero-order chi connectivity index (χ0) is 23.3. The number of rotatable bonds is 9. The molecule has 3 aromatic rings. The predicted octanol–water partition coefficient (Wildman–Crippen LogP) is 6.25. The van der Waals surface area contributed by atoms with Crippen LogP contribution >= 0.6 is 35.0 Å². The summed E-state index contributed by atoms with van der Waals surface area (Å²) in [4.78, 5) is 12.4. The molecular weight excluding hydrogens is 474 g/mol. The van der Waals surface area contributed by atoms with E-state index in [1.165, 1.54) is 23.9 Å². The van der Waals surface area contributed by atoms with Crippen molar-refractivity contribution in [3.05, 3.63) is 64.2 Å². The summed E-state index contributed by atoms with van der Waals surface area (Å²) in [5.41, 5.74) is 0.527. The quantitative estimate of drug-likeness (QED) is 0.354. The lowest BCUT2D eigenvalue weighted by atomic mass is 10.2. The van der Waals surface area contributed by atoms with E-state index in [-0.39, 0.29) is 17.5 Å². The number of nitrogens with zero attached hydrogens (tertiary/aromatic N) is 3. The SMILES string of the molecule is CC(C)Cn1c(SCC(=O)Nc2cc(Cl)cc(Cl)c2)nnc1C(C)Oc1ccc(F)cc1. The normalized spacial score (nSPS) is 12.1. The Kier molecular flexibility index (Phi) is 8.39. The molecule has 1 unspecified atom stereocenters. The Hall–Kier alpha value is -2.29. The standard InChI is InChI=1S/C22H23Cl2FN4O2S/c1-13(2)11-29-21(14(3)31-19-6-4-17(25)5-7-19)27-28-22(29)32-12-20(30)26-18-9-15(23)8-16(24)10-18/h4-10,13-14H,11-12H2,1-3H3,(H,26,30). The van der Waals surface area contributed by atoms with Crippen molar-refractivity contribution in [2.75, 3.05) is 11.1 Å². The van der Waals surface area contributed by atoms with Crippen molar-refractivity contribution in [1.82, 2.24) is 14.8 Å². The molecule has 0 bridgehead atoms. The number of carbonyl (C=O) groups excluding carboxylic acids is 1. The van der Waals surface area contributed by atoms with Gasteiger partial charge in [-0.25, -0.2) is 4.39 Å². The lowest BCUT2D eigenvalue weighted by Gasteiger charge is -2.17. The molecule has 0 aliphatic heterocycles. The maximum atomic E-state index is 13.2. The van der Waals surface area contributed by atoms with E-state index in [2.05, 4.69) is 29.4 Å². The van der Waals surface area contributed by atoms with Crippen LogP contribution < -0.4 is 10.1 Å². The van der Waals surface area contributed by atoms with Crippen LogP contribution in [-0.2, 0) is 11.3 Å². The van der Waals surface area contributed by atoms with Crippen LogP contribution in [0.1, 0.15) is 32.7 Å². The number of anilines is 1. The molecule has 1 heterocycles. The Labute approximate surface area is 200 Å². The molecule has 0 aliphatic carbocycles. The van der Waals surface area contributed by atoms with Crippen LogP contribution in [0.15, 0.2) is 47.6 Å². The fourth-order valence-electron chi connectivity index (χ4n) is 2.97. The molecule has 0 fully saturated rings. The second kappa shape index (κ2) is 11.0. The first-order valence-electron chi connectivity index (χ1n) is 9.95. The van der Waals surface area contributed by atoms with Gasteiger partial charge in [-0.1, -0.05) is 48.8 Å². The highest BCUT2D eigenvalue weighted by atomic mass is 35.5. The second-order valence-electron chi connectivity index (χ2n) is 7.55. The molecule has 2 aromatic carbocycles. The van der Waals surface area contributed by atoms with Crippen LogP contribution in [0.4, 0.5) is 10.1 Å². The Morgan fingerprint density at radius 2 is 1.78 bits per heavy atom. The minimum absolute atomic E-state index is 0.133. The zero-order valence-corrected chi connectivity index (χ0v) is 20.1. The van der Waals surface area contributed by atoms with Crippen molar-refractivity contribution in [3.63, 3.8) is 0 Å². The van der Waals surface area contributed by atoms with Gasteiger partial charge in [0, 0.05) is 22.3 Å². The molecule has 0 radical (unpaired) electrons. The molecular formula is C22H23Cl2FN4O2S. The fourth-order valence-corrected chi connectivity index (χ4v) is 4.25. The zero-order valence-electron chi connectivity index (χ0n) is 17.8. The Morgan fingerprint density at radius 3 is 2.41 bits per heavy atom. The first kappa shape index (κ1) is 24.4. The summed E-state index contributed by atoms with van der Waals surface area (Å²) in [6.07, 6.45) is -0.413. The largest absolute Gasteiger partial charge is 0.483 e. The summed E-state index contributed by atoms with van der Waals surface area (Å²) >= 11 is 13.2. The predicted molar refractivity (Wildman–Crippen MR) is 126 cm³/mol. The van der Waals surface area contributed by atoms with E-state index in [1.54, 1.807) is 30.3 Å². The van der Waals surface area contributed by atoms with E-state index >= 15 is 0 Å². The molecule has 0 aliphatic rings. The highest BCUT2D eigenvalue weighted by molar-refractivity contribution is 7.99. The number of hydrogen-bond donors (Lipinski definition) is 1. The van der Waals surface area contributed by atoms with Crippen LogP contribution in [0, 0.1) is 11.7 Å². The van der Waals surface area contributed by atoms with Gasteiger partial charge in [0.15, 0.2) is 17.1 Å². The van der Waals surface area contributed by atoms with Crippen molar-refractivity contribution >= 4 is 46.6 Å². The maximum absolute atomic E-state index is 13.2. The molecule has 6 nitrogen and oxygen atoms in total. The van der Waals surface area contributed by atoms with Gasteiger partial charge >= 0.3 is 0 Å². The van der Waals surface area contributed by atoms with E-state index in [1.807, 2.05) is 11.5 Å². The summed E-state index contributed by atoms with van der Waals surface area (Å²) in [5, 5.41) is 12.8. The third-order valence-corrected chi connectivity index (χ3v) is 5.67. The molecule has 0 saturated carbocycles. The van der Waals surface area contributed by atoms with Gasteiger partial charge in [-0.15, -0.1) is 10.2 Å². The lowest BCUT2D eigenvalue weighted by Crippen LogP contribution is -2.17. The van der Waals surface area contributed by atoms with Crippen LogP contribution in [0.25, 0.3) is 0 Å². The number of hydrogen-bond acceptors (Lipinski definition) is 5. The van der Waals surface area contributed by atoms with Crippen molar-refractivity contribution in [3.8, 4) is 5.75 Å². The number of nitrogens with one attached hydrogen (secondary N) is 1. The molecule has 1 aromatic heterocycles. The van der Waals surface area contributed by atoms with E-state index in [9.17, 15) is 9.18 Å². The van der Waals surface area contributed by atoms with Crippen LogP contribution in [0.2, 0.25) is 10.0 Å². The number of ether oxygens (including phenoxy) is 1. The van der Waals surface area contributed by atoms with Gasteiger partial charge in [0.25, 0.3) is 0 Å². The third kappa shape index (κ3) is 6.85. The number of benzene rings is 2. The van der Waals surface area contributed by atoms with Gasteiger partial charge < -0.3 is 14.6 Å². The van der Waals surface area contributed by atoms with Crippen molar-refractivity contribution < 1.29 is 13.9 Å². The van der Waals surface area contributed by atoms with Crippen molar-refractivity contribution in [2.24, 2.45) is 5.92 Å². The van der Waals surface area contributed by atoms with E-state index in [0.29, 0.717) is 44.9 Å². The fraction of sp³-hybridized carbons (Fsp3) is 0.318. The molecule has 3 rings (SSSR count). The summed E-state index contributed by atoms with van der Waals surface area (Å²) in [7, 11) is 0. The number of thioether (sulfide) groups is 1. The maximum Gasteiger partial charge on any atom is 0.234 e. The van der Waals surface area contributed by atoms with Gasteiger partial charge in [0.05, 0.1) is 5.75 Å². The first-order chi connectivity index (χ1) is 15.2. The number of amides is 1. The number of halogens is 3. The average molecular weight is 497 g/mol. The molecule has 1 amide bonds. The Morgan fingerprint density at radius 1 is 1.12 bits per heavy atom. The van der Waals surface area contributed by atoms with Gasteiger partial charge in [-0.3, -0.25) is 4.79 Å². The molecule has 10 heteroatoms. The smallest absolute Gasteiger partial charge is 0.234 e. The van der Waals surface area contributed by atoms with Gasteiger partial charge in [0.1, 0.15) is 11.6 Å². The number of aromatic nitrogens is 3. The monoisotopic (exact) mass is 496 g/mol. The average Bonchev–Trinajstić information content (AvgIpc) is 3.09. The number of carbonyl (C=O) groups is 1. The van der Waals surface area contributed by atoms with Crippen LogP contribution in [0.3, 0.4) is 0 Å². The Balaban J connectivity index is 1.69. The lowest BCUT2D eigenvalue weighted by molar-refractivity contribution is -0.113. The summed E-state index contributed by atoms with van der Waals surface area (Å²) in [6, 6.07) is 10.7.